The Bertz CT molecular complexity index is 1380. The van der Waals surface area contributed by atoms with Crippen molar-refractivity contribution >= 4 is 43.5 Å². The van der Waals surface area contributed by atoms with E-state index in [0.717, 1.165) is 20.8 Å². The lowest BCUT2D eigenvalue weighted by atomic mass is 10.1. The van der Waals surface area contributed by atoms with Crippen LogP contribution < -0.4 is 14.4 Å². The maximum Gasteiger partial charge on any atom is 0.264 e. The molecule has 214 valence electrons. The van der Waals surface area contributed by atoms with E-state index in [1.54, 1.807) is 56.3 Å². The van der Waals surface area contributed by atoms with E-state index in [9.17, 15) is 18.0 Å². The number of ether oxygens (including phenoxy) is 1. The zero-order chi connectivity index (χ0) is 29.3. The largest absolute Gasteiger partial charge is 0.492 e. The van der Waals surface area contributed by atoms with Crippen LogP contribution in [0.15, 0.2) is 88.2 Å². The minimum atomic E-state index is -4.17. The number of carbonyl (C=O) groups is 2. The summed E-state index contributed by atoms with van der Waals surface area (Å²) in [4.78, 5) is 28.6. The van der Waals surface area contributed by atoms with Gasteiger partial charge >= 0.3 is 0 Å². The van der Waals surface area contributed by atoms with Crippen LogP contribution in [0.5, 0.6) is 5.75 Å². The molecule has 3 aromatic rings. The first kappa shape index (κ1) is 31.2. The standard InChI is InChI=1S/C30H36BrN3O5S/c1-5-22(3)32-30(36)23(4)33(20-24-16-18-25(31)19-17-24)29(35)21-34(27-14-10-11-15-28(27)39-6-2)40(37,38)26-12-8-7-9-13-26/h7-19,22-23H,5-6,20-21H2,1-4H3,(H,32,36)/t22-,23-/m1/s1. The van der Waals surface area contributed by atoms with Crippen molar-refractivity contribution in [3.63, 3.8) is 0 Å². The van der Waals surface area contributed by atoms with Gasteiger partial charge < -0.3 is 15.0 Å². The lowest BCUT2D eigenvalue weighted by Crippen LogP contribution is -2.52. The van der Waals surface area contributed by atoms with E-state index in [-0.39, 0.29) is 29.1 Å². The molecule has 0 fully saturated rings. The molecule has 1 N–H and O–H groups in total. The Morgan fingerprint density at radius 2 is 1.55 bits per heavy atom. The third kappa shape index (κ3) is 7.85. The van der Waals surface area contributed by atoms with Crippen LogP contribution in [-0.2, 0) is 26.2 Å². The summed E-state index contributed by atoms with van der Waals surface area (Å²) in [5.41, 5.74) is 1.04. The topological polar surface area (TPSA) is 96.0 Å². The summed E-state index contributed by atoms with van der Waals surface area (Å²) >= 11 is 3.42. The number of hydrogen-bond donors (Lipinski definition) is 1. The SMILES string of the molecule is CCOc1ccccc1N(CC(=O)N(Cc1ccc(Br)cc1)[C@H](C)C(=O)N[C@H](C)CC)S(=O)(=O)c1ccccc1. The molecule has 0 radical (unpaired) electrons. The summed E-state index contributed by atoms with van der Waals surface area (Å²) in [5.74, 6) is -0.508. The molecule has 0 heterocycles. The van der Waals surface area contributed by atoms with Crippen molar-refractivity contribution < 1.29 is 22.7 Å². The molecule has 8 nitrogen and oxygen atoms in total. The minimum absolute atomic E-state index is 0.0381. The normalized spacial score (nSPS) is 12.7. The molecular weight excluding hydrogens is 594 g/mol. The monoisotopic (exact) mass is 629 g/mol. The first-order valence-corrected chi connectivity index (χ1v) is 15.5. The van der Waals surface area contributed by atoms with Gasteiger partial charge in [-0.15, -0.1) is 0 Å². The van der Waals surface area contributed by atoms with Crippen molar-refractivity contribution in [2.24, 2.45) is 0 Å². The number of hydrogen-bond acceptors (Lipinski definition) is 5. The molecule has 0 spiro atoms. The summed E-state index contributed by atoms with van der Waals surface area (Å²) in [5, 5.41) is 2.93. The van der Waals surface area contributed by atoms with Crippen LogP contribution in [0.1, 0.15) is 39.7 Å². The van der Waals surface area contributed by atoms with Gasteiger partial charge in [0.25, 0.3) is 10.0 Å². The number of anilines is 1. The Morgan fingerprint density at radius 3 is 2.17 bits per heavy atom. The third-order valence-electron chi connectivity index (χ3n) is 6.48. The second kappa shape index (κ2) is 14.3. The van der Waals surface area contributed by atoms with E-state index >= 15 is 0 Å². The zero-order valence-corrected chi connectivity index (χ0v) is 25.6. The molecule has 10 heteroatoms. The maximum absolute atomic E-state index is 14.0. The molecule has 0 bridgehead atoms. The van der Waals surface area contributed by atoms with E-state index in [4.69, 9.17) is 4.74 Å². The maximum atomic E-state index is 14.0. The number of sulfonamides is 1. The van der Waals surface area contributed by atoms with Crippen molar-refractivity contribution in [1.82, 2.24) is 10.2 Å². The molecule has 3 rings (SSSR count). The molecule has 2 atom stereocenters. The molecule has 0 aliphatic carbocycles. The summed E-state index contributed by atoms with van der Waals surface area (Å²) < 4.78 is 35.6. The van der Waals surface area contributed by atoms with Gasteiger partial charge in [0, 0.05) is 17.1 Å². The molecule has 0 aliphatic rings. The van der Waals surface area contributed by atoms with E-state index in [2.05, 4.69) is 21.2 Å². The summed E-state index contributed by atoms with van der Waals surface area (Å²) in [6.45, 7) is 7.21. The van der Waals surface area contributed by atoms with Crippen LogP contribution in [0.4, 0.5) is 5.69 Å². The minimum Gasteiger partial charge on any atom is -0.492 e. The van der Waals surface area contributed by atoms with Crippen LogP contribution in [0.3, 0.4) is 0 Å². The fourth-order valence-corrected chi connectivity index (χ4v) is 5.72. The van der Waals surface area contributed by atoms with Gasteiger partial charge in [-0.3, -0.25) is 13.9 Å². The Morgan fingerprint density at radius 1 is 0.925 bits per heavy atom. The average molecular weight is 631 g/mol. The van der Waals surface area contributed by atoms with Gasteiger partial charge in [0.05, 0.1) is 17.2 Å². The Hall–Kier alpha value is -3.37. The zero-order valence-electron chi connectivity index (χ0n) is 23.2. The number of nitrogens with zero attached hydrogens (tertiary/aromatic N) is 2. The highest BCUT2D eigenvalue weighted by Gasteiger charge is 2.34. The van der Waals surface area contributed by atoms with Crippen molar-refractivity contribution in [3.05, 3.63) is 88.9 Å². The van der Waals surface area contributed by atoms with Crippen molar-refractivity contribution in [2.75, 3.05) is 17.5 Å². The number of benzene rings is 3. The van der Waals surface area contributed by atoms with Crippen LogP contribution in [0.2, 0.25) is 0 Å². The molecule has 40 heavy (non-hydrogen) atoms. The number of halogens is 1. The van der Waals surface area contributed by atoms with E-state index in [0.29, 0.717) is 12.4 Å². The first-order valence-electron chi connectivity index (χ1n) is 13.2. The van der Waals surface area contributed by atoms with Crippen molar-refractivity contribution in [2.45, 2.75) is 57.6 Å². The molecule has 0 saturated heterocycles. The number of rotatable bonds is 13. The van der Waals surface area contributed by atoms with Gasteiger partial charge in [-0.05, 0) is 69.2 Å². The van der Waals surface area contributed by atoms with Crippen molar-refractivity contribution in [3.8, 4) is 5.75 Å². The number of amides is 2. The van der Waals surface area contributed by atoms with Gasteiger partial charge in [-0.25, -0.2) is 8.42 Å². The lowest BCUT2D eigenvalue weighted by molar-refractivity contribution is -0.139. The van der Waals surface area contributed by atoms with E-state index < -0.39 is 28.5 Å². The first-order chi connectivity index (χ1) is 19.1. The molecule has 0 saturated carbocycles. The van der Waals surface area contributed by atoms with E-state index in [1.165, 1.54) is 17.0 Å². The highest BCUT2D eigenvalue weighted by molar-refractivity contribution is 9.10. The summed E-state index contributed by atoms with van der Waals surface area (Å²) in [6, 6.07) is 21.1. The van der Waals surface area contributed by atoms with Crippen molar-refractivity contribution in [1.29, 1.82) is 0 Å². The van der Waals surface area contributed by atoms with Gasteiger partial charge in [0.1, 0.15) is 18.3 Å². The average Bonchev–Trinajstić information content (AvgIpc) is 2.96. The molecule has 0 unspecified atom stereocenters. The van der Waals surface area contributed by atoms with Gasteiger partial charge in [-0.1, -0.05) is 65.3 Å². The fraction of sp³-hybridized carbons (Fsp3) is 0.333. The fourth-order valence-electron chi connectivity index (χ4n) is 4.01. The Labute approximate surface area is 245 Å². The van der Waals surface area contributed by atoms with Crippen LogP contribution in [0, 0.1) is 0 Å². The van der Waals surface area contributed by atoms with Crippen LogP contribution in [-0.4, -0.2) is 50.4 Å². The second-order valence-corrected chi connectivity index (χ2v) is 12.1. The smallest absolute Gasteiger partial charge is 0.264 e. The summed E-state index contributed by atoms with van der Waals surface area (Å²) in [6.07, 6.45) is 0.733. The molecule has 0 aromatic heterocycles. The van der Waals surface area contributed by atoms with E-state index in [1.807, 2.05) is 38.1 Å². The quantitative estimate of drug-likeness (QED) is 0.274. The number of carbonyl (C=O) groups excluding carboxylic acids is 2. The molecule has 2 amide bonds. The highest BCUT2D eigenvalue weighted by Crippen LogP contribution is 2.33. The number of para-hydroxylation sites is 2. The second-order valence-electron chi connectivity index (χ2n) is 9.37. The highest BCUT2D eigenvalue weighted by atomic mass is 79.9. The molecular formula is C30H36BrN3O5S. The summed E-state index contributed by atoms with van der Waals surface area (Å²) in [7, 11) is -4.17. The predicted molar refractivity (Wildman–Crippen MR) is 161 cm³/mol. The van der Waals surface area contributed by atoms with Gasteiger partial charge in [0.15, 0.2) is 0 Å². The Balaban J connectivity index is 2.06. The van der Waals surface area contributed by atoms with Gasteiger partial charge in [-0.2, -0.15) is 0 Å². The Kier molecular flexibility index (Phi) is 11.2. The van der Waals surface area contributed by atoms with Crippen LogP contribution in [0.25, 0.3) is 0 Å². The van der Waals surface area contributed by atoms with Gasteiger partial charge in [0.2, 0.25) is 11.8 Å². The molecule has 3 aromatic carbocycles. The third-order valence-corrected chi connectivity index (χ3v) is 8.78. The van der Waals surface area contributed by atoms with Crippen LogP contribution >= 0.6 is 15.9 Å². The molecule has 0 aliphatic heterocycles. The lowest BCUT2D eigenvalue weighted by Gasteiger charge is -2.33. The number of nitrogens with one attached hydrogen (secondary N) is 1. The predicted octanol–water partition coefficient (Wildman–Crippen LogP) is 5.38.